The van der Waals surface area contributed by atoms with Gasteiger partial charge in [0.05, 0.1) is 25.4 Å². The van der Waals surface area contributed by atoms with Crippen molar-refractivity contribution in [1.82, 2.24) is 5.32 Å². The molecule has 0 bridgehead atoms. The summed E-state index contributed by atoms with van der Waals surface area (Å²) in [5.41, 5.74) is 0. The quantitative estimate of drug-likeness (QED) is 0.0261. The molecule has 0 radical (unpaired) electrons. The highest BCUT2D eigenvalue weighted by Gasteiger charge is 2.44. The van der Waals surface area contributed by atoms with Crippen molar-refractivity contribution in [2.24, 2.45) is 0 Å². The molecule has 71 heavy (non-hydrogen) atoms. The molecule has 422 valence electrons. The predicted molar refractivity (Wildman–Crippen MR) is 300 cm³/mol. The van der Waals surface area contributed by atoms with Crippen molar-refractivity contribution >= 4 is 5.91 Å². The van der Waals surface area contributed by atoms with Gasteiger partial charge in [0.25, 0.3) is 0 Å². The Hall–Kier alpha value is -1.07. The average Bonchev–Trinajstić information content (AvgIpc) is 3.37. The van der Waals surface area contributed by atoms with Crippen molar-refractivity contribution in [3.8, 4) is 0 Å². The number of ether oxygens (including phenoxy) is 2. The van der Waals surface area contributed by atoms with Gasteiger partial charge < -0.3 is 40.3 Å². The van der Waals surface area contributed by atoms with Gasteiger partial charge >= 0.3 is 0 Å². The molecular weight excluding hydrogens is 887 g/mol. The minimum Gasteiger partial charge on any atom is -0.394 e. The number of nitrogens with one attached hydrogen (secondary N) is 1. The van der Waals surface area contributed by atoms with Crippen molar-refractivity contribution in [2.45, 2.75) is 365 Å². The maximum absolute atomic E-state index is 13.1. The van der Waals surface area contributed by atoms with Crippen molar-refractivity contribution in [3.05, 3.63) is 12.2 Å². The van der Waals surface area contributed by atoms with E-state index in [1.54, 1.807) is 0 Å². The first-order valence-electron chi connectivity index (χ1n) is 31.4. The Labute approximate surface area is 439 Å². The third-order valence-electron chi connectivity index (χ3n) is 15.4. The van der Waals surface area contributed by atoms with Crippen LogP contribution in [0.25, 0.3) is 0 Å². The Bertz CT molecular complexity index is 1120. The van der Waals surface area contributed by atoms with Crippen molar-refractivity contribution in [3.63, 3.8) is 0 Å². The second-order valence-electron chi connectivity index (χ2n) is 22.2. The minimum atomic E-state index is -1.55. The van der Waals surface area contributed by atoms with Gasteiger partial charge in [0.15, 0.2) is 6.29 Å². The normalized spacial score (nSPS) is 19.2. The molecule has 9 heteroatoms. The number of aliphatic hydroxyl groups is 5. The van der Waals surface area contributed by atoms with Crippen LogP contribution in [-0.2, 0) is 14.3 Å². The number of amides is 1. The first kappa shape index (κ1) is 67.9. The summed E-state index contributed by atoms with van der Waals surface area (Å²) in [5, 5.41) is 54.7. The van der Waals surface area contributed by atoms with Crippen LogP contribution >= 0.6 is 0 Å². The summed E-state index contributed by atoms with van der Waals surface area (Å²) < 4.78 is 11.3. The van der Waals surface area contributed by atoms with Crippen LogP contribution in [0.2, 0.25) is 0 Å². The van der Waals surface area contributed by atoms with Crippen LogP contribution in [0.4, 0.5) is 0 Å². The molecule has 1 heterocycles. The molecule has 0 saturated carbocycles. The van der Waals surface area contributed by atoms with Crippen LogP contribution in [0.3, 0.4) is 0 Å². The van der Waals surface area contributed by atoms with E-state index in [9.17, 15) is 30.3 Å². The van der Waals surface area contributed by atoms with E-state index in [1.165, 1.54) is 257 Å². The van der Waals surface area contributed by atoms with Crippen LogP contribution < -0.4 is 5.32 Å². The fraction of sp³-hybridized carbons (Fsp3) is 0.952. The lowest BCUT2D eigenvalue weighted by molar-refractivity contribution is -0.302. The van der Waals surface area contributed by atoms with E-state index in [-0.39, 0.29) is 12.5 Å². The zero-order valence-electron chi connectivity index (χ0n) is 47.0. The number of carbonyl (C=O) groups excluding carboxylic acids is 1. The first-order valence-corrected chi connectivity index (χ1v) is 31.4. The predicted octanol–water partition coefficient (Wildman–Crippen LogP) is 16.0. The van der Waals surface area contributed by atoms with Gasteiger partial charge in [-0.1, -0.05) is 289 Å². The number of unbranched alkanes of at least 4 members (excludes halogenated alkanes) is 43. The third-order valence-corrected chi connectivity index (χ3v) is 15.4. The zero-order chi connectivity index (χ0) is 51.5. The lowest BCUT2D eigenvalue weighted by atomic mass is 9.99. The molecule has 7 unspecified atom stereocenters. The Balaban J connectivity index is 2.08. The van der Waals surface area contributed by atoms with Gasteiger partial charge in [-0.3, -0.25) is 4.79 Å². The van der Waals surface area contributed by atoms with Gasteiger partial charge in [0, 0.05) is 6.42 Å². The van der Waals surface area contributed by atoms with Gasteiger partial charge in [-0.05, 0) is 38.5 Å². The van der Waals surface area contributed by atoms with Crippen LogP contribution in [0.15, 0.2) is 12.2 Å². The second-order valence-corrected chi connectivity index (χ2v) is 22.2. The maximum atomic E-state index is 13.1. The topological polar surface area (TPSA) is 149 Å². The standard InChI is InChI=1S/C62H121NO8/c1-3-5-7-9-11-13-15-17-19-20-21-22-23-24-25-26-27-28-29-30-31-32-33-34-35-36-38-40-42-44-46-48-50-52-58(66)63-55(54-70-62-61(69)60(68)59(67)57(53-64)71-62)56(65)51-49-47-45-43-41-39-37-18-16-14-12-10-8-6-4-2/h20-21,55-57,59-62,64-65,67-69H,3-19,22-54H2,1-2H3,(H,63,66)/b21-20-. The summed E-state index contributed by atoms with van der Waals surface area (Å²) in [4.78, 5) is 13.1. The molecule has 1 amide bonds. The molecule has 7 atom stereocenters. The van der Waals surface area contributed by atoms with Gasteiger partial charge in [0.1, 0.15) is 24.4 Å². The van der Waals surface area contributed by atoms with E-state index in [2.05, 4.69) is 31.3 Å². The van der Waals surface area contributed by atoms with E-state index in [1.807, 2.05) is 0 Å². The molecule has 0 aliphatic carbocycles. The van der Waals surface area contributed by atoms with Crippen molar-refractivity contribution in [2.75, 3.05) is 13.2 Å². The highest BCUT2D eigenvalue weighted by Crippen LogP contribution is 2.24. The summed E-state index contributed by atoms with van der Waals surface area (Å²) in [5.74, 6) is -0.137. The summed E-state index contributed by atoms with van der Waals surface area (Å²) >= 11 is 0. The molecule has 0 aromatic rings. The molecule has 1 aliphatic heterocycles. The smallest absolute Gasteiger partial charge is 0.220 e. The molecule has 6 N–H and O–H groups in total. The van der Waals surface area contributed by atoms with Crippen molar-refractivity contribution < 1.29 is 39.8 Å². The van der Waals surface area contributed by atoms with Gasteiger partial charge in [-0.15, -0.1) is 0 Å². The van der Waals surface area contributed by atoms with E-state index >= 15 is 0 Å². The highest BCUT2D eigenvalue weighted by molar-refractivity contribution is 5.76. The molecular formula is C62H121NO8. The van der Waals surface area contributed by atoms with Crippen molar-refractivity contribution in [1.29, 1.82) is 0 Å². The monoisotopic (exact) mass is 1010 g/mol. The van der Waals surface area contributed by atoms with E-state index in [4.69, 9.17) is 9.47 Å². The molecule has 1 aliphatic rings. The average molecular weight is 1010 g/mol. The number of allylic oxidation sites excluding steroid dienone is 2. The lowest BCUT2D eigenvalue weighted by Crippen LogP contribution is -2.60. The fourth-order valence-electron chi connectivity index (χ4n) is 10.4. The summed E-state index contributed by atoms with van der Waals surface area (Å²) in [6.07, 6.45) is 58.4. The Morgan fingerprint density at radius 3 is 1.14 bits per heavy atom. The fourth-order valence-corrected chi connectivity index (χ4v) is 10.4. The third kappa shape index (κ3) is 41.8. The number of rotatable bonds is 55. The Morgan fingerprint density at radius 1 is 0.465 bits per heavy atom. The van der Waals surface area contributed by atoms with Gasteiger partial charge in [-0.2, -0.15) is 0 Å². The second kappa shape index (κ2) is 52.4. The first-order chi connectivity index (χ1) is 34.8. The number of hydrogen-bond donors (Lipinski definition) is 6. The summed E-state index contributed by atoms with van der Waals surface area (Å²) in [6, 6.07) is -0.715. The number of carbonyl (C=O) groups is 1. The highest BCUT2D eigenvalue weighted by atomic mass is 16.7. The van der Waals surface area contributed by atoms with Crippen LogP contribution in [0, 0.1) is 0 Å². The minimum absolute atomic E-state index is 0.132. The summed E-state index contributed by atoms with van der Waals surface area (Å²) in [6.45, 7) is 3.88. The van der Waals surface area contributed by atoms with Crippen LogP contribution in [-0.4, -0.2) is 87.5 Å². The zero-order valence-corrected chi connectivity index (χ0v) is 47.0. The molecule has 9 nitrogen and oxygen atoms in total. The van der Waals surface area contributed by atoms with Gasteiger partial charge in [-0.25, -0.2) is 0 Å². The Kier molecular flexibility index (Phi) is 50.1. The van der Waals surface area contributed by atoms with E-state index in [0.29, 0.717) is 12.8 Å². The number of hydrogen-bond acceptors (Lipinski definition) is 8. The van der Waals surface area contributed by atoms with Crippen LogP contribution in [0.5, 0.6) is 0 Å². The van der Waals surface area contributed by atoms with E-state index < -0.39 is 49.5 Å². The largest absolute Gasteiger partial charge is 0.394 e. The molecule has 1 fully saturated rings. The lowest BCUT2D eigenvalue weighted by Gasteiger charge is -2.40. The number of aliphatic hydroxyl groups excluding tert-OH is 5. The van der Waals surface area contributed by atoms with Gasteiger partial charge in [0.2, 0.25) is 5.91 Å². The molecule has 0 spiro atoms. The van der Waals surface area contributed by atoms with Crippen LogP contribution in [0.1, 0.15) is 322 Å². The molecule has 0 aromatic carbocycles. The summed E-state index contributed by atoms with van der Waals surface area (Å²) in [7, 11) is 0. The van der Waals surface area contributed by atoms with E-state index in [0.717, 1.165) is 38.5 Å². The molecule has 0 aromatic heterocycles. The SMILES string of the molecule is CCCCCCCCCC/C=C\CCCCCCCCCCCCCCCCCCCCCCCC(=O)NC(COC1OC(CO)C(O)C(O)C1O)C(O)CCCCCCCCCCCCCCCCC. The Morgan fingerprint density at radius 2 is 0.789 bits per heavy atom. The maximum Gasteiger partial charge on any atom is 0.220 e. The molecule has 1 saturated heterocycles. The molecule has 1 rings (SSSR count).